The van der Waals surface area contributed by atoms with E-state index in [1.165, 1.54) is 18.1 Å². The van der Waals surface area contributed by atoms with Gasteiger partial charge >= 0.3 is 5.97 Å². The standard InChI is InChI=1S/C19H24F2N2O4/c1-27-18(25)6-4-2-3-5-9-22-19(26)13-10-17(24)23(12-13)16-8-7-14(20)11-15(16)21/h7-8,11,13H,2-6,9-10,12H2,1H3,(H,22,26). The SMILES string of the molecule is COC(=O)CCCCCCNC(=O)C1CC(=O)N(c2ccc(F)cc2F)C1. The lowest BCUT2D eigenvalue weighted by Gasteiger charge is -2.17. The molecular weight excluding hydrogens is 358 g/mol. The average Bonchev–Trinajstić information content (AvgIpc) is 3.02. The fourth-order valence-electron chi connectivity index (χ4n) is 3.02. The summed E-state index contributed by atoms with van der Waals surface area (Å²) in [6.45, 7) is 0.555. The Hall–Kier alpha value is -2.51. The number of halogens is 2. The van der Waals surface area contributed by atoms with Crippen LogP contribution in [-0.4, -0.2) is 38.0 Å². The summed E-state index contributed by atoms with van der Waals surface area (Å²) in [5.74, 6) is -2.93. The summed E-state index contributed by atoms with van der Waals surface area (Å²) in [5, 5.41) is 2.79. The molecule has 1 atom stereocenters. The van der Waals surface area contributed by atoms with Crippen molar-refractivity contribution in [2.45, 2.75) is 38.5 Å². The van der Waals surface area contributed by atoms with Gasteiger partial charge in [-0.25, -0.2) is 8.78 Å². The van der Waals surface area contributed by atoms with Gasteiger partial charge in [-0.15, -0.1) is 0 Å². The summed E-state index contributed by atoms with van der Waals surface area (Å²) in [4.78, 5) is 36.5. The van der Waals surface area contributed by atoms with Crippen molar-refractivity contribution < 1.29 is 27.9 Å². The van der Waals surface area contributed by atoms with E-state index in [9.17, 15) is 23.2 Å². The topological polar surface area (TPSA) is 75.7 Å². The molecule has 148 valence electrons. The van der Waals surface area contributed by atoms with E-state index in [-0.39, 0.29) is 36.4 Å². The number of hydrogen-bond acceptors (Lipinski definition) is 4. The van der Waals surface area contributed by atoms with Crippen LogP contribution in [-0.2, 0) is 19.1 Å². The van der Waals surface area contributed by atoms with Crippen molar-refractivity contribution in [1.29, 1.82) is 0 Å². The molecule has 2 amide bonds. The minimum absolute atomic E-state index is 0.00176. The molecule has 2 rings (SSSR count). The Labute approximate surface area is 156 Å². The van der Waals surface area contributed by atoms with Gasteiger partial charge in [0.05, 0.1) is 18.7 Å². The van der Waals surface area contributed by atoms with Gasteiger partial charge < -0.3 is 15.0 Å². The average molecular weight is 382 g/mol. The Bertz CT molecular complexity index is 696. The Morgan fingerprint density at radius 1 is 1.22 bits per heavy atom. The van der Waals surface area contributed by atoms with Crippen LogP contribution < -0.4 is 10.2 Å². The highest BCUT2D eigenvalue weighted by molar-refractivity contribution is 6.00. The normalized spacial score (nSPS) is 16.5. The molecule has 1 aromatic carbocycles. The number of ether oxygens (including phenoxy) is 1. The smallest absolute Gasteiger partial charge is 0.305 e. The number of unbranched alkanes of at least 4 members (excludes halogenated alkanes) is 3. The fraction of sp³-hybridized carbons (Fsp3) is 0.526. The zero-order chi connectivity index (χ0) is 19.8. The summed E-state index contributed by atoms with van der Waals surface area (Å²) < 4.78 is 31.4. The van der Waals surface area contributed by atoms with E-state index < -0.39 is 17.6 Å². The molecule has 1 aliphatic rings. The predicted octanol–water partition coefficient (Wildman–Crippen LogP) is 2.56. The maximum absolute atomic E-state index is 13.9. The van der Waals surface area contributed by atoms with Crippen LogP contribution in [0.5, 0.6) is 0 Å². The Morgan fingerprint density at radius 3 is 2.67 bits per heavy atom. The maximum Gasteiger partial charge on any atom is 0.305 e. The van der Waals surface area contributed by atoms with Crippen LogP contribution in [0.15, 0.2) is 18.2 Å². The molecule has 6 nitrogen and oxygen atoms in total. The summed E-state index contributed by atoms with van der Waals surface area (Å²) in [6.07, 6.45) is 3.64. The molecule has 1 heterocycles. The van der Waals surface area contributed by atoms with E-state index in [0.29, 0.717) is 13.0 Å². The van der Waals surface area contributed by atoms with E-state index in [4.69, 9.17) is 0 Å². The van der Waals surface area contributed by atoms with Gasteiger partial charge in [-0.3, -0.25) is 14.4 Å². The second-order valence-electron chi connectivity index (χ2n) is 6.53. The maximum atomic E-state index is 13.9. The molecule has 27 heavy (non-hydrogen) atoms. The van der Waals surface area contributed by atoms with Crippen molar-refractivity contribution in [2.75, 3.05) is 25.1 Å². The van der Waals surface area contributed by atoms with Gasteiger partial charge in [0, 0.05) is 32.0 Å². The molecule has 1 fully saturated rings. The minimum Gasteiger partial charge on any atom is -0.469 e. The Morgan fingerprint density at radius 2 is 1.96 bits per heavy atom. The third-order valence-electron chi connectivity index (χ3n) is 4.53. The number of amides is 2. The number of anilines is 1. The van der Waals surface area contributed by atoms with Crippen LogP contribution >= 0.6 is 0 Å². The molecular formula is C19H24F2N2O4. The van der Waals surface area contributed by atoms with Gasteiger partial charge in [0.1, 0.15) is 11.6 Å². The lowest BCUT2D eigenvalue weighted by Crippen LogP contribution is -2.33. The molecule has 0 saturated carbocycles. The number of esters is 1. The predicted molar refractivity (Wildman–Crippen MR) is 94.9 cm³/mol. The van der Waals surface area contributed by atoms with Gasteiger partial charge in [0.2, 0.25) is 11.8 Å². The van der Waals surface area contributed by atoms with Crippen LogP contribution in [0.25, 0.3) is 0 Å². The number of carbonyl (C=O) groups is 3. The van der Waals surface area contributed by atoms with Gasteiger partial charge in [-0.05, 0) is 25.0 Å². The second kappa shape index (κ2) is 9.99. The molecule has 8 heteroatoms. The third-order valence-corrected chi connectivity index (χ3v) is 4.53. The van der Waals surface area contributed by atoms with Crippen LogP contribution in [0.1, 0.15) is 38.5 Å². The minimum atomic E-state index is -0.823. The first kappa shape index (κ1) is 20.8. The summed E-state index contributed by atoms with van der Waals surface area (Å²) in [6, 6.07) is 3.01. The Kier molecular flexibility index (Phi) is 7.69. The van der Waals surface area contributed by atoms with Crippen molar-refractivity contribution in [1.82, 2.24) is 5.32 Å². The quantitative estimate of drug-likeness (QED) is 0.526. The molecule has 0 radical (unpaired) electrons. The van der Waals surface area contributed by atoms with Gasteiger partial charge in [0.25, 0.3) is 0 Å². The molecule has 1 aliphatic heterocycles. The molecule has 0 aromatic heterocycles. The van der Waals surface area contributed by atoms with E-state index in [2.05, 4.69) is 10.1 Å². The molecule has 1 aromatic rings. The number of methoxy groups -OCH3 is 1. The van der Waals surface area contributed by atoms with Crippen molar-refractivity contribution in [3.05, 3.63) is 29.8 Å². The van der Waals surface area contributed by atoms with Gasteiger partial charge in [0.15, 0.2) is 0 Å². The van der Waals surface area contributed by atoms with E-state index in [1.807, 2.05) is 0 Å². The van der Waals surface area contributed by atoms with Crippen molar-refractivity contribution in [3.8, 4) is 0 Å². The lowest BCUT2D eigenvalue weighted by molar-refractivity contribution is -0.140. The molecule has 1 unspecified atom stereocenters. The highest BCUT2D eigenvalue weighted by atomic mass is 19.1. The van der Waals surface area contributed by atoms with Crippen LogP contribution in [0.2, 0.25) is 0 Å². The molecule has 1 saturated heterocycles. The monoisotopic (exact) mass is 382 g/mol. The van der Waals surface area contributed by atoms with Crippen molar-refractivity contribution in [3.63, 3.8) is 0 Å². The number of hydrogen-bond donors (Lipinski definition) is 1. The number of nitrogens with one attached hydrogen (secondary N) is 1. The Balaban J connectivity index is 1.72. The molecule has 0 bridgehead atoms. The highest BCUT2D eigenvalue weighted by Crippen LogP contribution is 2.28. The van der Waals surface area contributed by atoms with Gasteiger partial charge in [-0.2, -0.15) is 0 Å². The first-order chi connectivity index (χ1) is 12.9. The number of nitrogens with zero attached hydrogens (tertiary/aromatic N) is 1. The van der Waals surface area contributed by atoms with Crippen molar-refractivity contribution in [2.24, 2.45) is 5.92 Å². The van der Waals surface area contributed by atoms with Crippen molar-refractivity contribution >= 4 is 23.5 Å². The third kappa shape index (κ3) is 6.01. The number of carbonyl (C=O) groups excluding carboxylic acids is 3. The largest absolute Gasteiger partial charge is 0.469 e. The number of benzene rings is 1. The van der Waals surface area contributed by atoms with Crippen LogP contribution in [0.3, 0.4) is 0 Å². The summed E-state index contributed by atoms with van der Waals surface area (Å²) in [5.41, 5.74) is -0.0118. The van der Waals surface area contributed by atoms with Crippen LogP contribution in [0.4, 0.5) is 14.5 Å². The van der Waals surface area contributed by atoms with E-state index >= 15 is 0 Å². The first-order valence-electron chi connectivity index (χ1n) is 9.02. The van der Waals surface area contributed by atoms with Crippen LogP contribution in [0, 0.1) is 17.6 Å². The molecule has 0 aliphatic carbocycles. The lowest BCUT2D eigenvalue weighted by atomic mass is 10.1. The molecule has 0 spiro atoms. The van der Waals surface area contributed by atoms with Gasteiger partial charge in [-0.1, -0.05) is 12.8 Å². The fourth-order valence-corrected chi connectivity index (χ4v) is 3.02. The second-order valence-corrected chi connectivity index (χ2v) is 6.53. The summed E-state index contributed by atoms with van der Waals surface area (Å²) >= 11 is 0. The highest BCUT2D eigenvalue weighted by Gasteiger charge is 2.36. The zero-order valence-corrected chi connectivity index (χ0v) is 15.3. The molecule has 1 N–H and O–H groups in total. The zero-order valence-electron chi connectivity index (χ0n) is 15.3. The van der Waals surface area contributed by atoms with E-state index in [1.54, 1.807) is 0 Å². The number of rotatable bonds is 9. The summed E-state index contributed by atoms with van der Waals surface area (Å²) in [7, 11) is 1.36. The first-order valence-corrected chi connectivity index (χ1v) is 9.02. The van der Waals surface area contributed by atoms with E-state index in [0.717, 1.165) is 37.8 Å².